The summed E-state index contributed by atoms with van der Waals surface area (Å²) in [4.78, 5) is 11.7. The maximum atomic E-state index is 11.7. The van der Waals surface area contributed by atoms with E-state index in [-0.39, 0.29) is 0 Å². The molecule has 1 aromatic rings. The lowest BCUT2D eigenvalue weighted by molar-refractivity contribution is 0.0695. The standard InChI is InChI=1S/C20H30O2Si/c1-13(2)23(14(3)4,15(5)6)12-11-18-10-9-16(7)17(8)19(18)20(21)22/h9-10,13-15H,1-8H3,(H,21,22). The van der Waals surface area contributed by atoms with Crippen molar-refractivity contribution in [2.45, 2.75) is 72.0 Å². The monoisotopic (exact) mass is 330 g/mol. The molecule has 0 aromatic heterocycles. The van der Waals surface area contributed by atoms with E-state index in [9.17, 15) is 9.90 Å². The van der Waals surface area contributed by atoms with Gasteiger partial charge in [0.15, 0.2) is 0 Å². The highest BCUT2D eigenvalue weighted by Crippen LogP contribution is 2.40. The van der Waals surface area contributed by atoms with E-state index in [2.05, 4.69) is 53.0 Å². The fraction of sp³-hybridized carbons (Fsp3) is 0.550. The Bertz CT molecular complexity index is 624. The van der Waals surface area contributed by atoms with E-state index in [0.717, 1.165) is 11.1 Å². The highest BCUT2D eigenvalue weighted by Gasteiger charge is 2.41. The van der Waals surface area contributed by atoms with Gasteiger partial charge < -0.3 is 5.11 Å². The number of hydrogen-bond acceptors (Lipinski definition) is 1. The second-order valence-corrected chi connectivity index (χ2v) is 13.0. The van der Waals surface area contributed by atoms with Crippen LogP contribution in [0.15, 0.2) is 12.1 Å². The molecule has 0 saturated carbocycles. The largest absolute Gasteiger partial charge is 0.478 e. The molecule has 0 atom stereocenters. The number of carboxylic acids is 1. The molecule has 1 N–H and O–H groups in total. The molecule has 0 bridgehead atoms. The molecule has 126 valence electrons. The Kier molecular flexibility index (Phi) is 6.24. The number of rotatable bonds is 4. The number of carboxylic acid groups (broad SMARTS) is 1. The Morgan fingerprint density at radius 3 is 1.87 bits per heavy atom. The van der Waals surface area contributed by atoms with Crippen LogP contribution in [0, 0.1) is 25.3 Å². The average molecular weight is 331 g/mol. The van der Waals surface area contributed by atoms with Crippen molar-refractivity contribution >= 4 is 14.0 Å². The third-order valence-electron chi connectivity index (χ3n) is 5.23. The first kappa shape index (κ1) is 19.5. The van der Waals surface area contributed by atoms with Gasteiger partial charge >= 0.3 is 5.97 Å². The van der Waals surface area contributed by atoms with Gasteiger partial charge in [-0.15, -0.1) is 5.54 Å². The van der Waals surface area contributed by atoms with Crippen LogP contribution in [0.25, 0.3) is 0 Å². The molecule has 0 radical (unpaired) electrons. The van der Waals surface area contributed by atoms with Crippen LogP contribution in [-0.4, -0.2) is 19.1 Å². The number of benzene rings is 1. The van der Waals surface area contributed by atoms with Gasteiger partial charge in [-0.3, -0.25) is 0 Å². The molecule has 0 aliphatic carbocycles. The number of hydrogen-bond donors (Lipinski definition) is 1. The summed E-state index contributed by atoms with van der Waals surface area (Å²) in [5, 5.41) is 9.57. The highest BCUT2D eigenvalue weighted by molar-refractivity contribution is 6.90. The molecule has 2 nitrogen and oxygen atoms in total. The molecule has 1 aromatic carbocycles. The summed E-state index contributed by atoms with van der Waals surface area (Å²) in [5.74, 6) is 2.39. The van der Waals surface area contributed by atoms with E-state index in [0.29, 0.717) is 27.8 Å². The molecule has 0 aliphatic rings. The summed E-state index contributed by atoms with van der Waals surface area (Å²) in [6.45, 7) is 17.4. The molecule has 3 heteroatoms. The Hall–Kier alpha value is -1.53. The minimum absolute atomic E-state index is 0.358. The van der Waals surface area contributed by atoms with Gasteiger partial charge in [-0.25, -0.2) is 4.79 Å². The van der Waals surface area contributed by atoms with Crippen molar-refractivity contribution in [1.82, 2.24) is 0 Å². The Morgan fingerprint density at radius 2 is 1.48 bits per heavy atom. The van der Waals surface area contributed by atoms with Crippen LogP contribution in [-0.2, 0) is 0 Å². The normalized spacial score (nSPS) is 11.8. The van der Waals surface area contributed by atoms with E-state index in [1.54, 1.807) is 0 Å². The van der Waals surface area contributed by atoms with Crippen LogP contribution in [0.4, 0.5) is 0 Å². The van der Waals surface area contributed by atoms with Crippen molar-refractivity contribution in [3.05, 3.63) is 34.4 Å². The van der Waals surface area contributed by atoms with Gasteiger partial charge in [0.1, 0.15) is 8.07 Å². The topological polar surface area (TPSA) is 37.3 Å². The van der Waals surface area contributed by atoms with Crippen LogP contribution in [0.3, 0.4) is 0 Å². The van der Waals surface area contributed by atoms with Crippen molar-refractivity contribution < 1.29 is 9.90 Å². The first-order chi connectivity index (χ1) is 10.6. The smallest absolute Gasteiger partial charge is 0.337 e. The summed E-state index contributed by atoms with van der Waals surface area (Å²) >= 11 is 0. The Balaban J connectivity index is 3.56. The van der Waals surface area contributed by atoms with E-state index in [4.69, 9.17) is 0 Å². The third kappa shape index (κ3) is 3.69. The minimum Gasteiger partial charge on any atom is -0.478 e. The SMILES string of the molecule is Cc1ccc(C#C[Si](C(C)C)(C(C)C)C(C)C)c(C(=O)O)c1C. The molecular weight excluding hydrogens is 300 g/mol. The summed E-state index contributed by atoms with van der Waals surface area (Å²) in [5.41, 5.74) is 8.04. The maximum absolute atomic E-state index is 11.7. The summed E-state index contributed by atoms with van der Waals surface area (Å²) in [7, 11) is -1.85. The molecule has 0 heterocycles. The number of carbonyl (C=O) groups is 1. The van der Waals surface area contributed by atoms with Gasteiger partial charge in [-0.2, -0.15) is 0 Å². The second-order valence-electron chi connectivity index (χ2n) is 7.38. The molecule has 0 spiro atoms. The molecule has 0 amide bonds. The summed E-state index contributed by atoms with van der Waals surface area (Å²) in [6.07, 6.45) is 0. The lowest BCUT2D eigenvalue weighted by atomic mass is 9.98. The zero-order valence-electron chi connectivity index (χ0n) is 15.7. The van der Waals surface area contributed by atoms with Gasteiger partial charge in [0.05, 0.1) is 5.56 Å². The fourth-order valence-corrected chi connectivity index (χ4v) is 9.02. The van der Waals surface area contributed by atoms with Gasteiger partial charge in [0.25, 0.3) is 0 Å². The predicted octanol–water partition coefficient (Wildman–Crippen LogP) is 5.57. The fourth-order valence-electron chi connectivity index (χ4n) is 3.80. The second kappa shape index (κ2) is 7.36. The first-order valence-corrected chi connectivity index (χ1v) is 10.7. The third-order valence-corrected chi connectivity index (χ3v) is 11.5. The molecule has 0 fully saturated rings. The van der Waals surface area contributed by atoms with Crippen molar-refractivity contribution in [2.75, 3.05) is 0 Å². The zero-order valence-corrected chi connectivity index (χ0v) is 16.7. The van der Waals surface area contributed by atoms with Crippen LogP contribution >= 0.6 is 0 Å². The quantitative estimate of drug-likeness (QED) is 0.578. The van der Waals surface area contributed by atoms with Crippen molar-refractivity contribution in [1.29, 1.82) is 0 Å². The Morgan fingerprint density at radius 1 is 1.00 bits per heavy atom. The van der Waals surface area contributed by atoms with Crippen molar-refractivity contribution in [2.24, 2.45) is 0 Å². The van der Waals surface area contributed by atoms with Crippen LogP contribution < -0.4 is 0 Å². The van der Waals surface area contributed by atoms with Gasteiger partial charge in [-0.05, 0) is 47.7 Å². The first-order valence-electron chi connectivity index (χ1n) is 8.42. The summed E-state index contributed by atoms with van der Waals surface area (Å²) in [6, 6.07) is 3.83. The molecule has 0 saturated heterocycles. The van der Waals surface area contributed by atoms with Crippen LogP contribution in [0.5, 0.6) is 0 Å². The van der Waals surface area contributed by atoms with Gasteiger partial charge in [0.2, 0.25) is 0 Å². The average Bonchev–Trinajstić information content (AvgIpc) is 2.41. The van der Waals surface area contributed by atoms with E-state index in [1.807, 2.05) is 26.0 Å². The number of aromatic carboxylic acids is 1. The lowest BCUT2D eigenvalue weighted by Gasteiger charge is -2.38. The predicted molar refractivity (Wildman–Crippen MR) is 101 cm³/mol. The molecule has 23 heavy (non-hydrogen) atoms. The van der Waals surface area contributed by atoms with E-state index in [1.165, 1.54) is 0 Å². The highest BCUT2D eigenvalue weighted by atomic mass is 28.3. The summed E-state index contributed by atoms with van der Waals surface area (Å²) < 4.78 is 0. The molecule has 1 rings (SSSR count). The zero-order chi connectivity index (χ0) is 17.9. The minimum atomic E-state index is -1.85. The lowest BCUT2D eigenvalue weighted by Crippen LogP contribution is -2.43. The molecule has 0 unspecified atom stereocenters. The van der Waals surface area contributed by atoms with E-state index >= 15 is 0 Å². The molecule has 0 aliphatic heterocycles. The maximum Gasteiger partial charge on any atom is 0.337 e. The van der Waals surface area contributed by atoms with Crippen LogP contribution in [0.2, 0.25) is 16.6 Å². The van der Waals surface area contributed by atoms with Crippen LogP contribution in [0.1, 0.15) is 68.6 Å². The van der Waals surface area contributed by atoms with Crippen molar-refractivity contribution in [3.63, 3.8) is 0 Å². The Labute approximate surface area is 142 Å². The number of aryl methyl sites for hydroxylation is 1. The van der Waals surface area contributed by atoms with Gasteiger partial charge in [0, 0.05) is 5.56 Å². The molecular formula is C20H30O2Si. The van der Waals surface area contributed by atoms with E-state index < -0.39 is 14.0 Å². The van der Waals surface area contributed by atoms with Gasteiger partial charge in [-0.1, -0.05) is 53.5 Å². The van der Waals surface area contributed by atoms with Crippen molar-refractivity contribution in [3.8, 4) is 11.5 Å².